The number of carbonyl (C=O) groups is 1. The van der Waals surface area contributed by atoms with Gasteiger partial charge in [-0.3, -0.25) is 0 Å². The van der Waals surface area contributed by atoms with Crippen LogP contribution in [0.15, 0.2) is 4.52 Å². The van der Waals surface area contributed by atoms with E-state index in [1.165, 1.54) is 0 Å². The molecule has 1 aromatic heterocycles. The van der Waals surface area contributed by atoms with Crippen LogP contribution in [-0.4, -0.2) is 46.9 Å². The summed E-state index contributed by atoms with van der Waals surface area (Å²) in [6, 6.07) is -0.361. The fourth-order valence-electron chi connectivity index (χ4n) is 1.56. The van der Waals surface area contributed by atoms with E-state index in [2.05, 4.69) is 15.5 Å². The molecule has 0 aromatic carbocycles. The summed E-state index contributed by atoms with van der Waals surface area (Å²) in [6.07, 6.45) is 0. The summed E-state index contributed by atoms with van der Waals surface area (Å²) in [5.41, 5.74) is 0. The van der Waals surface area contributed by atoms with Crippen molar-refractivity contribution in [2.75, 3.05) is 24.5 Å². The number of aryl methyl sites for hydroxylation is 1. The second-order valence-electron chi connectivity index (χ2n) is 3.38. The molecule has 2 heterocycles. The second-order valence-corrected chi connectivity index (χ2v) is 3.38. The summed E-state index contributed by atoms with van der Waals surface area (Å²) in [4.78, 5) is 16.6. The van der Waals surface area contributed by atoms with Crippen LogP contribution in [0.5, 0.6) is 0 Å². The molecular formula is C8H12N4O3. The number of nitrogens with one attached hydrogen (secondary N) is 1. The number of carboxylic acid groups (broad SMARTS) is 1. The Morgan fingerprint density at radius 3 is 3.13 bits per heavy atom. The van der Waals surface area contributed by atoms with Gasteiger partial charge in [0.05, 0.1) is 0 Å². The Bertz CT molecular complexity index is 365. The van der Waals surface area contributed by atoms with Gasteiger partial charge in [-0.15, -0.1) is 0 Å². The minimum Gasteiger partial charge on any atom is -0.480 e. The van der Waals surface area contributed by atoms with Gasteiger partial charge < -0.3 is 19.8 Å². The molecule has 7 heteroatoms. The Kier molecular flexibility index (Phi) is 2.55. The molecule has 1 aromatic rings. The zero-order chi connectivity index (χ0) is 10.8. The smallest absolute Gasteiger partial charge is 0.327 e. The lowest BCUT2D eigenvalue weighted by Crippen LogP contribution is -2.55. The van der Waals surface area contributed by atoms with Crippen LogP contribution in [0.25, 0.3) is 0 Å². The first-order valence-electron chi connectivity index (χ1n) is 4.69. The third-order valence-electron chi connectivity index (χ3n) is 2.29. The van der Waals surface area contributed by atoms with Crippen LogP contribution < -0.4 is 10.2 Å². The van der Waals surface area contributed by atoms with Crippen molar-refractivity contribution in [1.82, 2.24) is 15.5 Å². The molecule has 2 rings (SSSR count). The maximum absolute atomic E-state index is 11.0. The van der Waals surface area contributed by atoms with E-state index in [9.17, 15) is 4.79 Å². The number of aromatic nitrogens is 2. The van der Waals surface area contributed by atoms with Crippen molar-refractivity contribution in [3.8, 4) is 0 Å². The van der Waals surface area contributed by atoms with Crippen molar-refractivity contribution in [3.05, 3.63) is 5.82 Å². The minimum atomic E-state index is -0.891. The van der Waals surface area contributed by atoms with Crippen molar-refractivity contribution >= 4 is 12.0 Å². The molecule has 0 spiro atoms. The highest BCUT2D eigenvalue weighted by Gasteiger charge is 2.31. The van der Waals surface area contributed by atoms with Gasteiger partial charge in [0, 0.05) is 19.6 Å². The van der Waals surface area contributed by atoms with Crippen molar-refractivity contribution in [2.24, 2.45) is 0 Å². The molecule has 1 saturated heterocycles. The predicted molar refractivity (Wildman–Crippen MR) is 50.7 cm³/mol. The third-order valence-corrected chi connectivity index (χ3v) is 2.29. The SMILES string of the molecule is Cc1noc(N2CCNCC2C(=O)O)n1. The first-order chi connectivity index (χ1) is 7.18. The summed E-state index contributed by atoms with van der Waals surface area (Å²) in [5.74, 6) is -0.384. The van der Waals surface area contributed by atoms with E-state index >= 15 is 0 Å². The summed E-state index contributed by atoms with van der Waals surface area (Å²) in [5, 5.41) is 15.7. The quantitative estimate of drug-likeness (QED) is 0.665. The number of aliphatic carboxylic acids is 1. The zero-order valence-corrected chi connectivity index (χ0v) is 8.30. The van der Waals surface area contributed by atoms with Crippen LogP contribution in [0.3, 0.4) is 0 Å². The van der Waals surface area contributed by atoms with E-state index in [0.717, 1.165) is 0 Å². The average Bonchev–Trinajstić information content (AvgIpc) is 2.65. The maximum Gasteiger partial charge on any atom is 0.327 e. The molecule has 0 amide bonds. The van der Waals surface area contributed by atoms with E-state index in [4.69, 9.17) is 9.63 Å². The van der Waals surface area contributed by atoms with Gasteiger partial charge in [0.1, 0.15) is 6.04 Å². The first-order valence-corrected chi connectivity index (χ1v) is 4.69. The fraction of sp³-hybridized carbons (Fsp3) is 0.625. The van der Waals surface area contributed by atoms with E-state index < -0.39 is 12.0 Å². The number of nitrogens with zero attached hydrogens (tertiary/aromatic N) is 3. The van der Waals surface area contributed by atoms with Gasteiger partial charge in [-0.2, -0.15) is 4.98 Å². The largest absolute Gasteiger partial charge is 0.480 e. The minimum absolute atomic E-state index is 0.279. The van der Waals surface area contributed by atoms with Crippen molar-refractivity contribution in [1.29, 1.82) is 0 Å². The maximum atomic E-state index is 11.0. The molecule has 1 unspecified atom stereocenters. The van der Waals surface area contributed by atoms with E-state index in [1.54, 1.807) is 11.8 Å². The molecular weight excluding hydrogens is 200 g/mol. The van der Waals surface area contributed by atoms with Crippen LogP contribution in [0.2, 0.25) is 0 Å². The van der Waals surface area contributed by atoms with Crippen LogP contribution in [0.1, 0.15) is 5.82 Å². The summed E-state index contributed by atoms with van der Waals surface area (Å²) in [6.45, 7) is 3.35. The van der Waals surface area contributed by atoms with Crippen LogP contribution in [0.4, 0.5) is 6.01 Å². The van der Waals surface area contributed by atoms with E-state index in [0.29, 0.717) is 25.5 Å². The molecule has 0 aliphatic carbocycles. The highest BCUT2D eigenvalue weighted by molar-refractivity contribution is 5.77. The number of hydrogen-bond donors (Lipinski definition) is 2. The summed E-state index contributed by atoms with van der Waals surface area (Å²) in [7, 11) is 0. The molecule has 15 heavy (non-hydrogen) atoms. The summed E-state index contributed by atoms with van der Waals surface area (Å²) < 4.78 is 4.96. The van der Waals surface area contributed by atoms with Gasteiger partial charge >= 0.3 is 12.0 Å². The van der Waals surface area contributed by atoms with Gasteiger partial charge in [0.15, 0.2) is 5.82 Å². The van der Waals surface area contributed by atoms with Gasteiger partial charge in [-0.1, -0.05) is 5.16 Å². The molecule has 1 atom stereocenters. The number of hydrogen-bond acceptors (Lipinski definition) is 6. The van der Waals surface area contributed by atoms with Gasteiger partial charge in [-0.05, 0) is 6.92 Å². The number of piperazine rings is 1. The highest BCUT2D eigenvalue weighted by Crippen LogP contribution is 2.15. The van der Waals surface area contributed by atoms with E-state index in [-0.39, 0.29) is 6.01 Å². The molecule has 1 aliphatic rings. The van der Waals surface area contributed by atoms with Crippen LogP contribution >= 0.6 is 0 Å². The highest BCUT2D eigenvalue weighted by atomic mass is 16.5. The summed E-state index contributed by atoms with van der Waals surface area (Å²) >= 11 is 0. The normalized spacial score (nSPS) is 21.7. The molecule has 1 fully saturated rings. The lowest BCUT2D eigenvalue weighted by molar-refractivity contribution is -0.138. The van der Waals surface area contributed by atoms with Gasteiger partial charge in [-0.25, -0.2) is 4.79 Å². The molecule has 82 valence electrons. The first kappa shape index (κ1) is 9.91. The van der Waals surface area contributed by atoms with Gasteiger partial charge in [0.2, 0.25) is 0 Å². The topological polar surface area (TPSA) is 91.5 Å². The predicted octanol–water partition coefficient (Wildman–Crippen LogP) is -0.759. The molecule has 2 N–H and O–H groups in total. The molecule has 0 saturated carbocycles. The van der Waals surface area contributed by atoms with Gasteiger partial charge in [0.25, 0.3) is 0 Å². The number of carboxylic acids is 1. The van der Waals surface area contributed by atoms with Crippen LogP contribution in [-0.2, 0) is 4.79 Å². The lowest BCUT2D eigenvalue weighted by atomic mass is 10.2. The zero-order valence-electron chi connectivity index (χ0n) is 8.30. The average molecular weight is 212 g/mol. The second kappa shape index (κ2) is 3.85. The molecule has 1 aliphatic heterocycles. The Morgan fingerprint density at radius 2 is 2.53 bits per heavy atom. The fourth-order valence-corrected chi connectivity index (χ4v) is 1.56. The monoisotopic (exact) mass is 212 g/mol. The Balaban J connectivity index is 2.21. The van der Waals surface area contributed by atoms with Crippen molar-refractivity contribution in [3.63, 3.8) is 0 Å². The Labute approximate surface area is 86.1 Å². The van der Waals surface area contributed by atoms with Crippen LogP contribution in [0, 0.1) is 6.92 Å². The Hall–Kier alpha value is -1.63. The molecule has 7 nitrogen and oxygen atoms in total. The number of rotatable bonds is 2. The lowest BCUT2D eigenvalue weighted by Gasteiger charge is -2.31. The van der Waals surface area contributed by atoms with Crippen molar-refractivity contribution < 1.29 is 14.4 Å². The number of anilines is 1. The van der Waals surface area contributed by atoms with E-state index in [1.807, 2.05) is 0 Å². The molecule has 0 radical (unpaired) electrons. The Morgan fingerprint density at radius 1 is 1.73 bits per heavy atom. The van der Waals surface area contributed by atoms with Crippen molar-refractivity contribution in [2.45, 2.75) is 13.0 Å². The molecule has 0 bridgehead atoms. The third kappa shape index (κ3) is 1.91. The standard InChI is InChI=1S/C8H12N4O3/c1-5-10-8(15-11-5)12-3-2-9-4-6(12)7(13)14/h6,9H,2-4H2,1H3,(H,13,14).